The zero-order chi connectivity index (χ0) is 12.7. The Labute approximate surface area is 104 Å². The fourth-order valence-electron chi connectivity index (χ4n) is 2.15. The fourth-order valence-corrected chi connectivity index (χ4v) is 2.15. The molecule has 0 spiro atoms. The minimum Gasteiger partial charge on any atom is -0.468 e. The largest absolute Gasteiger partial charge is 0.468 e. The van der Waals surface area contributed by atoms with Gasteiger partial charge in [0, 0.05) is 0 Å². The molecule has 1 aliphatic carbocycles. The number of methoxy groups -OCH3 is 1. The van der Waals surface area contributed by atoms with Crippen LogP contribution < -0.4 is 5.32 Å². The molecule has 1 saturated carbocycles. The summed E-state index contributed by atoms with van der Waals surface area (Å²) in [4.78, 5) is 11.8. The van der Waals surface area contributed by atoms with Gasteiger partial charge in [0.25, 0.3) is 0 Å². The summed E-state index contributed by atoms with van der Waals surface area (Å²) in [5.74, 6) is -0.246. The minimum atomic E-state index is -0.715. The van der Waals surface area contributed by atoms with Gasteiger partial charge in [-0.25, -0.2) is 4.79 Å². The van der Waals surface area contributed by atoms with Crippen LogP contribution in [-0.4, -0.2) is 37.9 Å². The van der Waals surface area contributed by atoms with E-state index in [2.05, 4.69) is 12.2 Å². The molecule has 0 heterocycles. The number of nitrogens with one attached hydrogen (secondary N) is 1. The van der Waals surface area contributed by atoms with Crippen LogP contribution in [0.5, 0.6) is 0 Å². The Morgan fingerprint density at radius 2 is 2.06 bits per heavy atom. The van der Waals surface area contributed by atoms with Crippen LogP contribution in [-0.2, 0) is 14.3 Å². The molecule has 0 radical (unpaired) electrons. The Kier molecular flexibility index (Phi) is 5.92. The third-order valence-electron chi connectivity index (χ3n) is 3.31. The number of hydrogen-bond donors (Lipinski definition) is 1. The van der Waals surface area contributed by atoms with Crippen LogP contribution in [0.15, 0.2) is 0 Å². The van der Waals surface area contributed by atoms with Crippen molar-refractivity contribution < 1.29 is 14.3 Å². The molecular weight excluding hydrogens is 218 g/mol. The van der Waals surface area contributed by atoms with Crippen LogP contribution in [0.25, 0.3) is 0 Å². The maximum Gasteiger partial charge on any atom is 0.328 e. The van der Waals surface area contributed by atoms with E-state index in [0.29, 0.717) is 12.7 Å². The molecule has 0 bridgehead atoms. The van der Waals surface area contributed by atoms with E-state index in [9.17, 15) is 4.79 Å². The van der Waals surface area contributed by atoms with Crippen molar-refractivity contribution in [2.75, 3.05) is 20.3 Å². The Morgan fingerprint density at radius 1 is 1.41 bits per heavy atom. The molecule has 0 aromatic rings. The lowest BCUT2D eigenvalue weighted by Crippen LogP contribution is -2.54. The van der Waals surface area contributed by atoms with Crippen LogP contribution in [0.3, 0.4) is 0 Å². The number of ether oxygens (including phenoxy) is 2. The van der Waals surface area contributed by atoms with E-state index < -0.39 is 5.54 Å². The van der Waals surface area contributed by atoms with Crippen LogP contribution >= 0.6 is 0 Å². The van der Waals surface area contributed by atoms with Crippen molar-refractivity contribution >= 4 is 5.97 Å². The van der Waals surface area contributed by atoms with E-state index in [4.69, 9.17) is 9.47 Å². The summed E-state index contributed by atoms with van der Waals surface area (Å²) >= 11 is 0. The van der Waals surface area contributed by atoms with Crippen molar-refractivity contribution in [1.29, 1.82) is 0 Å². The lowest BCUT2D eigenvalue weighted by molar-refractivity contribution is -0.151. The van der Waals surface area contributed by atoms with Gasteiger partial charge in [-0.15, -0.1) is 0 Å². The highest BCUT2D eigenvalue weighted by atomic mass is 16.5. The van der Waals surface area contributed by atoms with Crippen LogP contribution in [0.4, 0.5) is 0 Å². The molecule has 0 saturated heterocycles. The van der Waals surface area contributed by atoms with E-state index in [1.807, 2.05) is 6.92 Å². The highest BCUT2D eigenvalue weighted by molar-refractivity contribution is 5.80. The fraction of sp³-hybridized carbons (Fsp3) is 0.923. The van der Waals surface area contributed by atoms with Crippen LogP contribution in [0.1, 0.15) is 46.0 Å². The predicted molar refractivity (Wildman–Crippen MR) is 66.9 cm³/mol. The number of esters is 1. The standard InChI is InChI=1S/C13H25NO3/c1-4-9-14-13(2,12(15)16-3)10-17-11-7-5-6-8-11/h11,14H,4-10H2,1-3H3. The molecule has 1 aliphatic rings. The Morgan fingerprint density at radius 3 is 2.59 bits per heavy atom. The summed E-state index contributed by atoms with van der Waals surface area (Å²) in [6, 6.07) is 0. The maximum absolute atomic E-state index is 11.8. The molecule has 0 amide bonds. The van der Waals surface area contributed by atoms with E-state index in [0.717, 1.165) is 25.8 Å². The number of carbonyl (C=O) groups excluding carboxylic acids is 1. The van der Waals surface area contributed by atoms with Crippen molar-refractivity contribution in [3.8, 4) is 0 Å². The van der Waals surface area contributed by atoms with E-state index in [-0.39, 0.29) is 5.97 Å². The quantitative estimate of drug-likeness (QED) is 0.694. The van der Waals surface area contributed by atoms with Gasteiger partial charge in [-0.1, -0.05) is 19.8 Å². The second-order valence-electron chi connectivity index (χ2n) is 4.97. The predicted octanol–water partition coefficient (Wildman–Crippen LogP) is 1.88. The van der Waals surface area contributed by atoms with Crippen molar-refractivity contribution in [1.82, 2.24) is 5.32 Å². The molecule has 1 atom stereocenters. The summed E-state index contributed by atoms with van der Waals surface area (Å²) in [6.07, 6.45) is 6.01. The summed E-state index contributed by atoms with van der Waals surface area (Å²) in [5.41, 5.74) is -0.715. The highest BCUT2D eigenvalue weighted by Gasteiger charge is 2.35. The molecule has 1 fully saturated rings. The molecule has 0 aromatic heterocycles. The lowest BCUT2D eigenvalue weighted by Gasteiger charge is -2.29. The second-order valence-corrected chi connectivity index (χ2v) is 4.97. The summed E-state index contributed by atoms with van der Waals surface area (Å²) in [5, 5.41) is 3.22. The number of hydrogen-bond acceptors (Lipinski definition) is 4. The molecule has 100 valence electrons. The van der Waals surface area contributed by atoms with E-state index in [1.54, 1.807) is 0 Å². The topological polar surface area (TPSA) is 47.6 Å². The molecule has 0 aliphatic heterocycles. The van der Waals surface area contributed by atoms with Crippen LogP contribution in [0.2, 0.25) is 0 Å². The molecule has 4 nitrogen and oxygen atoms in total. The molecular formula is C13H25NO3. The minimum absolute atomic E-state index is 0.246. The average Bonchev–Trinajstić information content (AvgIpc) is 2.86. The summed E-state index contributed by atoms with van der Waals surface area (Å²) < 4.78 is 10.7. The van der Waals surface area contributed by atoms with Gasteiger partial charge < -0.3 is 14.8 Å². The molecule has 4 heteroatoms. The van der Waals surface area contributed by atoms with Gasteiger partial charge >= 0.3 is 5.97 Å². The molecule has 1 unspecified atom stereocenters. The van der Waals surface area contributed by atoms with Crippen molar-refractivity contribution in [2.45, 2.75) is 57.6 Å². The second kappa shape index (κ2) is 6.97. The first kappa shape index (κ1) is 14.5. The Balaban J connectivity index is 2.46. The number of carbonyl (C=O) groups is 1. The SMILES string of the molecule is CCCNC(C)(COC1CCCC1)C(=O)OC. The first-order valence-electron chi connectivity index (χ1n) is 6.57. The number of rotatable bonds is 7. The van der Waals surface area contributed by atoms with E-state index in [1.165, 1.54) is 20.0 Å². The van der Waals surface area contributed by atoms with E-state index >= 15 is 0 Å². The lowest BCUT2D eigenvalue weighted by atomic mass is 10.0. The van der Waals surface area contributed by atoms with Gasteiger partial charge in [-0.3, -0.25) is 0 Å². The first-order valence-corrected chi connectivity index (χ1v) is 6.57. The normalized spacial score (nSPS) is 20.2. The zero-order valence-electron chi connectivity index (χ0n) is 11.3. The van der Waals surface area contributed by atoms with Crippen LogP contribution in [0, 0.1) is 0 Å². The Hall–Kier alpha value is -0.610. The van der Waals surface area contributed by atoms with Gasteiger partial charge in [0.15, 0.2) is 0 Å². The van der Waals surface area contributed by atoms with Crippen molar-refractivity contribution in [3.05, 3.63) is 0 Å². The van der Waals surface area contributed by atoms with Crippen molar-refractivity contribution in [3.63, 3.8) is 0 Å². The highest BCUT2D eigenvalue weighted by Crippen LogP contribution is 2.22. The third kappa shape index (κ3) is 4.28. The maximum atomic E-state index is 11.8. The van der Waals surface area contributed by atoms with Gasteiger partial charge in [-0.2, -0.15) is 0 Å². The van der Waals surface area contributed by atoms with Crippen molar-refractivity contribution in [2.24, 2.45) is 0 Å². The molecule has 1 rings (SSSR count). The molecule has 17 heavy (non-hydrogen) atoms. The monoisotopic (exact) mass is 243 g/mol. The van der Waals surface area contributed by atoms with Gasteiger partial charge in [0.2, 0.25) is 0 Å². The first-order chi connectivity index (χ1) is 8.12. The average molecular weight is 243 g/mol. The smallest absolute Gasteiger partial charge is 0.328 e. The third-order valence-corrected chi connectivity index (χ3v) is 3.31. The van der Waals surface area contributed by atoms with Gasteiger partial charge in [0.1, 0.15) is 5.54 Å². The van der Waals surface area contributed by atoms with Gasteiger partial charge in [0.05, 0.1) is 19.8 Å². The molecule has 1 N–H and O–H groups in total. The summed E-state index contributed by atoms with van der Waals surface area (Å²) in [7, 11) is 1.42. The Bertz CT molecular complexity index is 239. The molecule has 0 aromatic carbocycles. The van der Waals surface area contributed by atoms with Gasteiger partial charge in [-0.05, 0) is 32.7 Å². The summed E-state index contributed by atoms with van der Waals surface area (Å²) in [6.45, 7) is 5.11. The zero-order valence-corrected chi connectivity index (χ0v) is 11.3.